The Hall–Kier alpha value is -3.85. The van der Waals surface area contributed by atoms with Gasteiger partial charge in [-0.2, -0.15) is 0 Å². The standard InChI is InChI=1S/C23H23N5O3S/c1-15-6-8-16(9-7-15)14-28-21-11-10-17(22(24)26-29)13-20(21)25-23(28)18-4-3-5-19(12-18)27-32(2,30)31/h3-13,27,29H,14H2,1-2H3,(H2,24,26). The van der Waals surface area contributed by atoms with E-state index in [1.54, 1.807) is 30.3 Å². The Balaban J connectivity index is 1.88. The molecule has 1 aromatic heterocycles. The highest BCUT2D eigenvalue weighted by Crippen LogP contribution is 2.28. The fraction of sp³-hybridized carbons (Fsp3) is 0.130. The average molecular weight is 450 g/mol. The SMILES string of the molecule is Cc1ccc(Cn2c(-c3cccc(NS(C)(=O)=O)c3)nc3cc(/C(N)=N\O)ccc32)cc1. The number of hydrogen-bond donors (Lipinski definition) is 3. The van der Waals surface area contributed by atoms with E-state index >= 15 is 0 Å². The third-order valence-corrected chi connectivity index (χ3v) is 5.64. The number of aromatic nitrogens is 2. The third-order valence-electron chi connectivity index (χ3n) is 5.04. The summed E-state index contributed by atoms with van der Waals surface area (Å²) in [4.78, 5) is 4.81. The van der Waals surface area contributed by atoms with Crippen LogP contribution in [0.15, 0.2) is 71.9 Å². The first kappa shape index (κ1) is 21.4. The van der Waals surface area contributed by atoms with E-state index in [9.17, 15) is 8.42 Å². The van der Waals surface area contributed by atoms with Crippen LogP contribution in [0.4, 0.5) is 5.69 Å². The van der Waals surface area contributed by atoms with E-state index in [-0.39, 0.29) is 5.84 Å². The molecule has 0 aliphatic carbocycles. The van der Waals surface area contributed by atoms with Gasteiger partial charge in [-0.15, -0.1) is 0 Å². The lowest BCUT2D eigenvalue weighted by Crippen LogP contribution is -2.12. The van der Waals surface area contributed by atoms with Crippen molar-refractivity contribution in [1.29, 1.82) is 0 Å². The topological polar surface area (TPSA) is 123 Å². The van der Waals surface area contributed by atoms with Gasteiger partial charge in [-0.3, -0.25) is 4.72 Å². The zero-order valence-corrected chi connectivity index (χ0v) is 18.5. The number of benzene rings is 3. The number of nitrogens with zero attached hydrogens (tertiary/aromatic N) is 3. The van der Waals surface area contributed by atoms with Gasteiger partial charge in [0.15, 0.2) is 5.84 Å². The predicted molar refractivity (Wildman–Crippen MR) is 126 cm³/mol. The van der Waals surface area contributed by atoms with Crippen LogP contribution in [0.1, 0.15) is 16.7 Å². The number of sulfonamides is 1. The van der Waals surface area contributed by atoms with Crippen LogP contribution in [0.3, 0.4) is 0 Å². The van der Waals surface area contributed by atoms with E-state index in [2.05, 4.69) is 38.7 Å². The van der Waals surface area contributed by atoms with Crippen LogP contribution in [-0.2, 0) is 16.6 Å². The zero-order valence-electron chi connectivity index (χ0n) is 17.6. The number of aryl methyl sites for hydroxylation is 1. The summed E-state index contributed by atoms with van der Waals surface area (Å²) in [6.07, 6.45) is 1.11. The number of rotatable bonds is 6. The summed E-state index contributed by atoms with van der Waals surface area (Å²) in [6, 6.07) is 20.8. The molecule has 1 heterocycles. The Kier molecular flexibility index (Phi) is 5.58. The molecule has 0 fully saturated rings. The van der Waals surface area contributed by atoms with Gasteiger partial charge < -0.3 is 15.5 Å². The van der Waals surface area contributed by atoms with Crippen molar-refractivity contribution in [2.45, 2.75) is 13.5 Å². The number of imidazole rings is 1. The van der Waals surface area contributed by atoms with Crippen molar-refractivity contribution in [3.8, 4) is 11.4 Å². The molecule has 8 nitrogen and oxygen atoms in total. The second-order valence-corrected chi connectivity index (χ2v) is 9.40. The summed E-state index contributed by atoms with van der Waals surface area (Å²) in [5.74, 6) is 0.676. The summed E-state index contributed by atoms with van der Waals surface area (Å²) in [5.41, 5.74) is 11.3. The van der Waals surface area contributed by atoms with Crippen LogP contribution in [0.25, 0.3) is 22.4 Å². The lowest BCUT2D eigenvalue weighted by atomic mass is 10.1. The molecule has 0 saturated carbocycles. The van der Waals surface area contributed by atoms with E-state index < -0.39 is 10.0 Å². The minimum atomic E-state index is -3.41. The smallest absolute Gasteiger partial charge is 0.229 e. The summed E-state index contributed by atoms with van der Waals surface area (Å²) < 4.78 is 27.9. The summed E-state index contributed by atoms with van der Waals surface area (Å²) in [6.45, 7) is 2.61. The molecule has 164 valence electrons. The van der Waals surface area contributed by atoms with E-state index in [1.165, 1.54) is 5.56 Å². The maximum Gasteiger partial charge on any atom is 0.229 e. The molecule has 0 bridgehead atoms. The van der Waals surface area contributed by atoms with Crippen LogP contribution in [0, 0.1) is 6.92 Å². The van der Waals surface area contributed by atoms with Crippen molar-refractivity contribution in [2.24, 2.45) is 10.9 Å². The number of oxime groups is 1. The first-order chi connectivity index (χ1) is 15.2. The van der Waals surface area contributed by atoms with Gasteiger partial charge in [0.05, 0.1) is 17.3 Å². The van der Waals surface area contributed by atoms with Crippen molar-refractivity contribution < 1.29 is 13.6 Å². The van der Waals surface area contributed by atoms with Gasteiger partial charge >= 0.3 is 0 Å². The molecule has 3 aromatic carbocycles. The molecule has 4 rings (SSSR count). The number of hydrogen-bond acceptors (Lipinski definition) is 5. The predicted octanol–water partition coefficient (Wildman–Crippen LogP) is 3.53. The van der Waals surface area contributed by atoms with Crippen molar-refractivity contribution >= 4 is 32.6 Å². The number of nitrogens with one attached hydrogen (secondary N) is 1. The van der Waals surface area contributed by atoms with Gasteiger partial charge in [-0.05, 0) is 42.8 Å². The Morgan fingerprint density at radius 3 is 2.56 bits per heavy atom. The molecule has 32 heavy (non-hydrogen) atoms. The normalized spacial score (nSPS) is 12.2. The van der Waals surface area contributed by atoms with Crippen molar-refractivity contribution in [3.05, 3.63) is 83.4 Å². The first-order valence-electron chi connectivity index (χ1n) is 9.85. The Labute approximate surface area is 186 Å². The molecule has 0 saturated heterocycles. The molecule has 4 aromatic rings. The van der Waals surface area contributed by atoms with Gasteiger partial charge in [0.25, 0.3) is 0 Å². The van der Waals surface area contributed by atoms with E-state index in [1.807, 2.05) is 19.1 Å². The zero-order chi connectivity index (χ0) is 22.9. The minimum Gasteiger partial charge on any atom is -0.409 e. The largest absolute Gasteiger partial charge is 0.409 e. The molecule has 0 amide bonds. The lowest BCUT2D eigenvalue weighted by Gasteiger charge is -2.11. The highest BCUT2D eigenvalue weighted by Gasteiger charge is 2.15. The Morgan fingerprint density at radius 1 is 1.12 bits per heavy atom. The van der Waals surface area contributed by atoms with E-state index in [0.29, 0.717) is 29.1 Å². The molecule has 0 radical (unpaired) electrons. The number of fused-ring (bicyclic) bond motifs is 1. The number of nitrogens with two attached hydrogens (primary N) is 1. The van der Waals surface area contributed by atoms with Crippen LogP contribution in [0.5, 0.6) is 0 Å². The fourth-order valence-corrected chi connectivity index (χ4v) is 4.09. The van der Waals surface area contributed by atoms with Crippen molar-refractivity contribution in [1.82, 2.24) is 9.55 Å². The van der Waals surface area contributed by atoms with E-state index in [0.717, 1.165) is 22.9 Å². The highest BCUT2D eigenvalue weighted by atomic mass is 32.2. The van der Waals surface area contributed by atoms with Crippen molar-refractivity contribution in [3.63, 3.8) is 0 Å². The van der Waals surface area contributed by atoms with E-state index in [4.69, 9.17) is 15.9 Å². The second kappa shape index (κ2) is 8.35. The quantitative estimate of drug-likeness (QED) is 0.180. The maximum atomic E-state index is 11.7. The highest BCUT2D eigenvalue weighted by molar-refractivity contribution is 7.92. The van der Waals surface area contributed by atoms with Crippen molar-refractivity contribution in [2.75, 3.05) is 11.0 Å². The lowest BCUT2D eigenvalue weighted by molar-refractivity contribution is 0.318. The number of anilines is 1. The molecule has 0 atom stereocenters. The van der Waals surface area contributed by atoms with Gasteiger partial charge in [0.1, 0.15) is 5.82 Å². The summed E-state index contributed by atoms with van der Waals surface area (Å²) in [5, 5.41) is 12.1. The average Bonchev–Trinajstić information content (AvgIpc) is 3.11. The first-order valence-corrected chi connectivity index (χ1v) is 11.7. The molecule has 4 N–H and O–H groups in total. The van der Waals surface area contributed by atoms with Crippen LogP contribution < -0.4 is 10.5 Å². The fourth-order valence-electron chi connectivity index (χ4n) is 3.54. The summed E-state index contributed by atoms with van der Waals surface area (Å²) in [7, 11) is -3.41. The van der Waals surface area contributed by atoms with Gasteiger partial charge in [0, 0.05) is 23.4 Å². The molecule has 0 aliphatic rings. The molecule has 0 unspecified atom stereocenters. The Morgan fingerprint density at radius 2 is 1.88 bits per heavy atom. The van der Waals surface area contributed by atoms with Gasteiger partial charge in [0.2, 0.25) is 10.0 Å². The van der Waals surface area contributed by atoms with Gasteiger partial charge in [-0.1, -0.05) is 47.1 Å². The minimum absolute atomic E-state index is 0.000819. The molecule has 0 aliphatic heterocycles. The van der Waals surface area contributed by atoms with Crippen LogP contribution in [-0.4, -0.2) is 35.3 Å². The van der Waals surface area contributed by atoms with Crippen LogP contribution >= 0.6 is 0 Å². The van der Waals surface area contributed by atoms with Crippen LogP contribution in [0.2, 0.25) is 0 Å². The van der Waals surface area contributed by atoms with Gasteiger partial charge in [-0.25, -0.2) is 13.4 Å². The third kappa shape index (κ3) is 4.57. The second-order valence-electron chi connectivity index (χ2n) is 7.65. The molecule has 9 heteroatoms. The maximum absolute atomic E-state index is 11.7. The molecule has 0 spiro atoms. The number of amidine groups is 1. The molecular weight excluding hydrogens is 426 g/mol. The molecular formula is C23H23N5O3S. The monoisotopic (exact) mass is 449 g/mol. The summed E-state index contributed by atoms with van der Waals surface area (Å²) >= 11 is 0. The Bertz CT molecular complexity index is 1420.